The summed E-state index contributed by atoms with van der Waals surface area (Å²) in [6.07, 6.45) is -4.46. The first kappa shape index (κ1) is 24.5. The smallest absolute Gasteiger partial charge is 0.351 e. The van der Waals surface area contributed by atoms with Crippen LogP contribution < -0.4 is 16.4 Å². The molecule has 34 heavy (non-hydrogen) atoms. The molecule has 1 saturated heterocycles. The summed E-state index contributed by atoms with van der Waals surface area (Å²) in [5.74, 6) is -0.863. The molecule has 178 valence electrons. The van der Waals surface area contributed by atoms with Gasteiger partial charge in [0.25, 0.3) is 0 Å². The first-order chi connectivity index (χ1) is 16.1. The molecule has 3 atom stereocenters. The molecule has 1 heterocycles. The second-order valence-electron chi connectivity index (χ2n) is 8.35. The molecule has 3 aromatic rings. The van der Waals surface area contributed by atoms with Crippen LogP contribution in [0.15, 0.2) is 72.8 Å². The summed E-state index contributed by atoms with van der Waals surface area (Å²) >= 11 is 12.3. The van der Waals surface area contributed by atoms with Gasteiger partial charge >= 0.3 is 6.18 Å². The molecule has 0 aliphatic carbocycles. The molecule has 9 heteroatoms. The van der Waals surface area contributed by atoms with Crippen molar-refractivity contribution in [1.29, 1.82) is 0 Å². The van der Waals surface area contributed by atoms with Gasteiger partial charge in [-0.25, -0.2) is 0 Å². The van der Waals surface area contributed by atoms with Crippen LogP contribution in [-0.4, -0.2) is 18.5 Å². The van der Waals surface area contributed by atoms with E-state index in [2.05, 4.69) is 10.6 Å². The fourth-order valence-corrected chi connectivity index (χ4v) is 4.76. The minimum absolute atomic E-state index is 0.0539. The quantitative estimate of drug-likeness (QED) is 0.442. The number of amides is 1. The average Bonchev–Trinajstić information content (AvgIpc) is 3.16. The third-order valence-electron chi connectivity index (χ3n) is 6.10. The standard InChI is InChI=1S/C25H22Cl2F3N3O/c26-19-9-7-17(8-10-19)24(31)14-33-22(21(24)16-4-2-6-20(27)12-16)23(34)32-13-15-3-1-5-18(11-15)25(28,29)30/h1-12,21-22,33H,13-14,31H2,(H,32,34)/t21-,22+,24-/m0/s1. The Labute approximate surface area is 205 Å². The molecular formula is C25H22Cl2F3N3O. The maximum absolute atomic E-state index is 13.2. The average molecular weight is 508 g/mol. The Morgan fingerprint density at radius 1 is 1.03 bits per heavy atom. The van der Waals surface area contributed by atoms with E-state index in [0.29, 0.717) is 22.2 Å². The van der Waals surface area contributed by atoms with Crippen LogP contribution in [0.2, 0.25) is 10.0 Å². The Balaban J connectivity index is 1.61. The van der Waals surface area contributed by atoms with Crippen molar-refractivity contribution in [2.45, 2.75) is 30.2 Å². The number of carbonyl (C=O) groups is 1. The molecule has 1 aliphatic rings. The third-order valence-corrected chi connectivity index (χ3v) is 6.58. The molecule has 3 aromatic carbocycles. The Morgan fingerprint density at radius 2 is 1.74 bits per heavy atom. The number of nitrogens with two attached hydrogens (primary N) is 1. The maximum atomic E-state index is 13.2. The lowest BCUT2D eigenvalue weighted by atomic mass is 9.74. The van der Waals surface area contributed by atoms with Crippen LogP contribution in [0.5, 0.6) is 0 Å². The van der Waals surface area contributed by atoms with Gasteiger partial charge in [-0.1, -0.05) is 59.6 Å². The molecule has 0 aromatic heterocycles. The fraction of sp³-hybridized carbons (Fsp3) is 0.240. The normalized spacial score (nSPS) is 22.5. The first-order valence-corrected chi connectivity index (χ1v) is 11.3. The predicted octanol–water partition coefficient (Wildman–Crippen LogP) is 5.24. The largest absolute Gasteiger partial charge is 0.416 e. The van der Waals surface area contributed by atoms with Gasteiger partial charge in [-0.05, 0) is 53.1 Å². The zero-order chi connectivity index (χ0) is 24.5. The molecule has 0 saturated carbocycles. The van der Waals surface area contributed by atoms with Crippen LogP contribution in [0.1, 0.15) is 28.2 Å². The molecule has 0 radical (unpaired) electrons. The lowest BCUT2D eigenvalue weighted by molar-refractivity contribution is -0.137. The van der Waals surface area contributed by atoms with Crippen molar-refractivity contribution in [3.63, 3.8) is 0 Å². The predicted molar refractivity (Wildman–Crippen MR) is 127 cm³/mol. The minimum atomic E-state index is -4.46. The molecule has 0 unspecified atom stereocenters. The van der Waals surface area contributed by atoms with E-state index in [1.165, 1.54) is 12.1 Å². The summed E-state index contributed by atoms with van der Waals surface area (Å²) in [6.45, 7) is 0.245. The monoisotopic (exact) mass is 507 g/mol. The van der Waals surface area contributed by atoms with Gasteiger partial charge in [0.1, 0.15) is 0 Å². The van der Waals surface area contributed by atoms with E-state index < -0.39 is 29.2 Å². The molecule has 4 N–H and O–H groups in total. The summed E-state index contributed by atoms with van der Waals surface area (Å²) in [4.78, 5) is 13.2. The molecule has 4 rings (SSSR count). The number of carbonyl (C=O) groups excluding carboxylic acids is 1. The Morgan fingerprint density at radius 3 is 2.41 bits per heavy atom. The van der Waals surface area contributed by atoms with Crippen molar-refractivity contribution in [1.82, 2.24) is 10.6 Å². The summed E-state index contributed by atoms with van der Waals surface area (Å²) in [6, 6.07) is 18.4. The SMILES string of the molecule is N[C@]1(c2ccc(Cl)cc2)CN[C@@H](C(=O)NCc2cccc(C(F)(F)F)c2)[C@@H]1c1cccc(Cl)c1. The van der Waals surface area contributed by atoms with Crippen molar-refractivity contribution in [3.8, 4) is 0 Å². The lowest BCUT2D eigenvalue weighted by Gasteiger charge is -2.33. The highest BCUT2D eigenvalue weighted by Crippen LogP contribution is 2.42. The zero-order valence-corrected chi connectivity index (χ0v) is 19.4. The second-order valence-corrected chi connectivity index (χ2v) is 9.23. The van der Waals surface area contributed by atoms with Gasteiger partial charge < -0.3 is 16.4 Å². The van der Waals surface area contributed by atoms with Crippen LogP contribution in [0, 0.1) is 0 Å². The van der Waals surface area contributed by atoms with Gasteiger partial charge in [0.2, 0.25) is 5.91 Å². The summed E-state index contributed by atoms with van der Waals surface area (Å²) in [5, 5.41) is 7.03. The van der Waals surface area contributed by atoms with Gasteiger partial charge in [0.05, 0.1) is 17.1 Å². The number of alkyl halides is 3. The number of hydrogen-bond donors (Lipinski definition) is 3. The van der Waals surface area contributed by atoms with E-state index >= 15 is 0 Å². The molecule has 0 bridgehead atoms. The summed E-state index contributed by atoms with van der Waals surface area (Å²) in [5.41, 5.74) is 7.10. The lowest BCUT2D eigenvalue weighted by Crippen LogP contribution is -2.47. The Hall–Kier alpha value is -2.58. The summed E-state index contributed by atoms with van der Waals surface area (Å²) < 4.78 is 39.1. The van der Waals surface area contributed by atoms with Crippen LogP contribution in [0.4, 0.5) is 13.2 Å². The van der Waals surface area contributed by atoms with Crippen molar-refractivity contribution < 1.29 is 18.0 Å². The maximum Gasteiger partial charge on any atom is 0.416 e. The van der Waals surface area contributed by atoms with E-state index in [9.17, 15) is 18.0 Å². The molecule has 0 spiro atoms. The van der Waals surface area contributed by atoms with Crippen LogP contribution >= 0.6 is 23.2 Å². The number of benzene rings is 3. The number of halogens is 5. The highest BCUT2D eigenvalue weighted by Gasteiger charge is 2.50. The van der Waals surface area contributed by atoms with E-state index in [1.54, 1.807) is 30.3 Å². The van der Waals surface area contributed by atoms with Crippen molar-refractivity contribution in [3.05, 3.63) is 105 Å². The topological polar surface area (TPSA) is 67.1 Å². The third kappa shape index (κ3) is 5.08. The molecular weight excluding hydrogens is 486 g/mol. The Bertz CT molecular complexity index is 1190. The fourth-order valence-electron chi connectivity index (χ4n) is 4.44. The second kappa shape index (κ2) is 9.58. The van der Waals surface area contributed by atoms with Gasteiger partial charge in [-0.3, -0.25) is 4.79 Å². The molecule has 1 amide bonds. The van der Waals surface area contributed by atoms with Crippen molar-refractivity contribution in [2.75, 3.05) is 6.54 Å². The first-order valence-electron chi connectivity index (χ1n) is 10.6. The number of nitrogens with one attached hydrogen (secondary N) is 2. The van der Waals surface area contributed by atoms with Crippen molar-refractivity contribution >= 4 is 29.1 Å². The van der Waals surface area contributed by atoms with Gasteiger partial charge in [0.15, 0.2) is 0 Å². The molecule has 4 nitrogen and oxygen atoms in total. The van der Waals surface area contributed by atoms with Crippen molar-refractivity contribution in [2.24, 2.45) is 5.73 Å². The van der Waals surface area contributed by atoms with Crippen LogP contribution in [0.25, 0.3) is 0 Å². The van der Waals surface area contributed by atoms with Crippen LogP contribution in [-0.2, 0) is 23.1 Å². The summed E-state index contributed by atoms with van der Waals surface area (Å²) in [7, 11) is 0. The highest BCUT2D eigenvalue weighted by atomic mass is 35.5. The Kier molecular flexibility index (Phi) is 6.92. The molecule has 1 aliphatic heterocycles. The zero-order valence-electron chi connectivity index (χ0n) is 17.9. The van der Waals surface area contributed by atoms with Gasteiger partial charge in [-0.15, -0.1) is 0 Å². The minimum Gasteiger partial charge on any atom is -0.351 e. The number of rotatable bonds is 5. The van der Waals surface area contributed by atoms with E-state index in [1.807, 2.05) is 18.2 Å². The van der Waals surface area contributed by atoms with Crippen LogP contribution in [0.3, 0.4) is 0 Å². The van der Waals surface area contributed by atoms with E-state index in [4.69, 9.17) is 28.9 Å². The van der Waals surface area contributed by atoms with E-state index in [-0.39, 0.29) is 12.5 Å². The van der Waals surface area contributed by atoms with E-state index in [0.717, 1.165) is 23.3 Å². The highest BCUT2D eigenvalue weighted by molar-refractivity contribution is 6.30. The van der Waals surface area contributed by atoms with Gasteiger partial charge in [-0.2, -0.15) is 13.2 Å². The van der Waals surface area contributed by atoms with Gasteiger partial charge in [0, 0.05) is 29.1 Å². The molecule has 1 fully saturated rings. The number of hydrogen-bond acceptors (Lipinski definition) is 3.